The van der Waals surface area contributed by atoms with Crippen molar-refractivity contribution in [3.63, 3.8) is 0 Å². The third kappa shape index (κ3) is 5.09. The average molecular weight is 306 g/mol. The van der Waals surface area contributed by atoms with Gasteiger partial charge in [0.25, 0.3) is 10.1 Å². The maximum Gasteiger partial charge on any atom is 0.266 e. The predicted octanol–water partition coefficient (Wildman–Crippen LogP) is 2.16. The summed E-state index contributed by atoms with van der Waals surface area (Å²) in [5, 5.41) is 0. The van der Waals surface area contributed by atoms with Crippen molar-refractivity contribution in [1.82, 2.24) is 0 Å². The molecule has 2 rings (SSSR count). The minimum atomic E-state index is -3.99. The fourth-order valence-corrected chi connectivity index (χ4v) is 2.47. The quantitative estimate of drug-likeness (QED) is 0.631. The van der Waals surface area contributed by atoms with Crippen LogP contribution in [-0.4, -0.2) is 25.3 Å². The van der Waals surface area contributed by atoms with E-state index in [1.807, 2.05) is 47.4 Å². The number of anilines is 2. The van der Waals surface area contributed by atoms with E-state index in [-0.39, 0.29) is 12.3 Å². The van der Waals surface area contributed by atoms with Crippen molar-refractivity contribution in [2.75, 3.05) is 22.9 Å². The van der Waals surface area contributed by atoms with Crippen molar-refractivity contribution >= 4 is 21.5 Å². The molecule has 0 bridgehead atoms. The first-order chi connectivity index (χ1) is 9.94. The predicted molar refractivity (Wildman–Crippen MR) is 84.8 cm³/mol. The Balaban J connectivity index is 2.19. The fraction of sp³-hybridized carbons (Fsp3) is 0.200. The van der Waals surface area contributed by atoms with Crippen molar-refractivity contribution in [2.45, 2.75) is 6.54 Å². The molecule has 0 unspecified atom stereocenters. The number of rotatable bonds is 6. The number of nitrogen functional groups attached to an aromatic ring is 1. The Labute approximate surface area is 124 Å². The summed E-state index contributed by atoms with van der Waals surface area (Å²) < 4.78 is 30.9. The molecule has 0 saturated heterocycles. The van der Waals surface area contributed by atoms with Gasteiger partial charge < -0.3 is 10.6 Å². The van der Waals surface area contributed by atoms with Gasteiger partial charge in [-0.05, 0) is 29.8 Å². The van der Waals surface area contributed by atoms with Crippen LogP contribution in [0.15, 0.2) is 54.6 Å². The summed E-state index contributed by atoms with van der Waals surface area (Å²) in [5.74, 6) is -0.315. The first-order valence-electron chi connectivity index (χ1n) is 6.53. The summed E-state index contributed by atoms with van der Waals surface area (Å²) in [6, 6.07) is 16.9. The summed E-state index contributed by atoms with van der Waals surface area (Å²) in [4.78, 5) is 1.89. The van der Waals surface area contributed by atoms with Crippen LogP contribution in [0.5, 0.6) is 0 Å². The molecule has 5 nitrogen and oxygen atoms in total. The SMILES string of the molecule is Nc1ccc(N(CCS(=O)(=O)O)Cc2ccccc2)cc1. The van der Waals surface area contributed by atoms with Gasteiger partial charge in [-0.3, -0.25) is 4.55 Å². The van der Waals surface area contributed by atoms with Gasteiger partial charge in [0.15, 0.2) is 0 Å². The number of nitrogens with zero attached hydrogens (tertiary/aromatic N) is 1. The lowest BCUT2D eigenvalue weighted by Crippen LogP contribution is -2.28. The molecule has 21 heavy (non-hydrogen) atoms. The molecule has 2 aromatic rings. The van der Waals surface area contributed by atoms with Crippen molar-refractivity contribution in [3.8, 4) is 0 Å². The number of benzene rings is 2. The molecule has 112 valence electrons. The molecule has 0 aromatic heterocycles. The second kappa shape index (κ2) is 6.60. The molecule has 3 N–H and O–H groups in total. The van der Waals surface area contributed by atoms with Crippen LogP contribution in [0.1, 0.15) is 5.56 Å². The summed E-state index contributed by atoms with van der Waals surface area (Å²) >= 11 is 0. The Hall–Kier alpha value is -2.05. The summed E-state index contributed by atoms with van der Waals surface area (Å²) in [6.07, 6.45) is 0. The lowest BCUT2D eigenvalue weighted by Gasteiger charge is -2.24. The minimum Gasteiger partial charge on any atom is -0.399 e. The minimum absolute atomic E-state index is 0.206. The molecule has 0 spiro atoms. The first-order valence-corrected chi connectivity index (χ1v) is 8.14. The van der Waals surface area contributed by atoms with E-state index in [2.05, 4.69) is 0 Å². The fourth-order valence-electron chi connectivity index (χ4n) is 2.01. The largest absolute Gasteiger partial charge is 0.399 e. The molecule has 0 amide bonds. The van der Waals surface area contributed by atoms with E-state index in [9.17, 15) is 8.42 Å². The second-order valence-corrected chi connectivity index (χ2v) is 6.36. The van der Waals surface area contributed by atoms with E-state index in [1.165, 1.54) is 0 Å². The Morgan fingerprint density at radius 2 is 1.62 bits per heavy atom. The molecular formula is C15H18N2O3S. The van der Waals surface area contributed by atoms with Crippen molar-refractivity contribution in [1.29, 1.82) is 0 Å². The number of hydrogen-bond acceptors (Lipinski definition) is 4. The third-order valence-electron chi connectivity index (χ3n) is 3.09. The number of nitrogens with two attached hydrogens (primary N) is 1. The number of hydrogen-bond donors (Lipinski definition) is 2. The zero-order chi connectivity index (χ0) is 15.3. The first kappa shape index (κ1) is 15.3. The summed E-state index contributed by atoms with van der Waals surface area (Å²) in [5.41, 5.74) is 8.23. The second-order valence-electron chi connectivity index (χ2n) is 4.78. The van der Waals surface area contributed by atoms with Gasteiger partial charge in [-0.1, -0.05) is 30.3 Å². The van der Waals surface area contributed by atoms with Gasteiger partial charge in [-0.25, -0.2) is 0 Å². The molecule has 0 fully saturated rings. The lowest BCUT2D eigenvalue weighted by atomic mass is 10.2. The zero-order valence-corrected chi connectivity index (χ0v) is 12.3. The Morgan fingerprint density at radius 3 is 2.19 bits per heavy atom. The van der Waals surface area contributed by atoms with Gasteiger partial charge >= 0.3 is 0 Å². The van der Waals surface area contributed by atoms with Crippen LogP contribution in [0.2, 0.25) is 0 Å². The van der Waals surface area contributed by atoms with Crippen molar-refractivity contribution in [3.05, 3.63) is 60.2 Å². The highest BCUT2D eigenvalue weighted by molar-refractivity contribution is 7.85. The highest BCUT2D eigenvalue weighted by Crippen LogP contribution is 2.19. The molecule has 0 saturated carbocycles. The zero-order valence-electron chi connectivity index (χ0n) is 11.5. The standard InChI is InChI=1S/C15H18N2O3S/c16-14-6-8-15(9-7-14)17(10-11-21(18,19)20)12-13-4-2-1-3-5-13/h1-9H,10-12,16H2,(H,18,19,20). The van der Waals surface area contributed by atoms with Crippen LogP contribution in [-0.2, 0) is 16.7 Å². The van der Waals surface area contributed by atoms with Gasteiger partial charge in [0, 0.05) is 24.5 Å². The van der Waals surface area contributed by atoms with Gasteiger partial charge in [-0.2, -0.15) is 8.42 Å². The van der Waals surface area contributed by atoms with Gasteiger partial charge in [-0.15, -0.1) is 0 Å². The maximum absolute atomic E-state index is 11.0. The molecule has 0 heterocycles. The van der Waals surface area contributed by atoms with Crippen LogP contribution in [0.4, 0.5) is 11.4 Å². The molecule has 6 heteroatoms. The van der Waals surface area contributed by atoms with Gasteiger partial charge in [0.2, 0.25) is 0 Å². The van der Waals surface area contributed by atoms with E-state index < -0.39 is 10.1 Å². The van der Waals surface area contributed by atoms with Crippen LogP contribution < -0.4 is 10.6 Å². The lowest BCUT2D eigenvalue weighted by molar-refractivity contribution is 0.482. The smallest absolute Gasteiger partial charge is 0.266 e. The topological polar surface area (TPSA) is 83.6 Å². The highest BCUT2D eigenvalue weighted by Gasteiger charge is 2.12. The van der Waals surface area contributed by atoms with E-state index in [4.69, 9.17) is 10.3 Å². The Bertz CT molecular complexity index is 670. The van der Waals surface area contributed by atoms with E-state index >= 15 is 0 Å². The van der Waals surface area contributed by atoms with Crippen molar-refractivity contribution < 1.29 is 13.0 Å². The van der Waals surface area contributed by atoms with E-state index in [0.29, 0.717) is 12.2 Å². The van der Waals surface area contributed by atoms with Gasteiger partial charge in [0.05, 0.1) is 5.75 Å². The summed E-state index contributed by atoms with van der Waals surface area (Å²) in [7, 11) is -3.99. The monoisotopic (exact) mass is 306 g/mol. The van der Waals surface area contributed by atoms with Crippen LogP contribution >= 0.6 is 0 Å². The Kier molecular flexibility index (Phi) is 4.82. The van der Waals surface area contributed by atoms with Crippen LogP contribution in [0.3, 0.4) is 0 Å². The normalized spacial score (nSPS) is 11.3. The molecule has 0 aliphatic carbocycles. The molecule has 0 radical (unpaired) electrons. The average Bonchev–Trinajstić information content (AvgIpc) is 2.45. The van der Waals surface area contributed by atoms with E-state index in [1.54, 1.807) is 12.1 Å². The van der Waals surface area contributed by atoms with Crippen LogP contribution in [0, 0.1) is 0 Å². The maximum atomic E-state index is 11.0. The molecule has 0 aliphatic heterocycles. The highest BCUT2D eigenvalue weighted by atomic mass is 32.2. The van der Waals surface area contributed by atoms with Crippen molar-refractivity contribution in [2.24, 2.45) is 0 Å². The third-order valence-corrected chi connectivity index (χ3v) is 3.79. The molecule has 0 atom stereocenters. The van der Waals surface area contributed by atoms with E-state index in [0.717, 1.165) is 11.3 Å². The molecular weight excluding hydrogens is 288 g/mol. The molecule has 0 aliphatic rings. The molecule has 2 aromatic carbocycles. The van der Waals surface area contributed by atoms with Crippen LogP contribution in [0.25, 0.3) is 0 Å². The summed E-state index contributed by atoms with van der Waals surface area (Å²) in [6.45, 7) is 0.762. The Morgan fingerprint density at radius 1 is 1.00 bits per heavy atom. The van der Waals surface area contributed by atoms with Gasteiger partial charge in [0.1, 0.15) is 0 Å².